The Balaban J connectivity index is 2.01. The number of benzene rings is 2. The highest BCUT2D eigenvalue weighted by Crippen LogP contribution is 2.26. The van der Waals surface area contributed by atoms with Crippen molar-refractivity contribution in [2.75, 3.05) is 10.6 Å². The van der Waals surface area contributed by atoms with Crippen LogP contribution in [0.15, 0.2) is 51.4 Å². The number of hydrogen-bond donors (Lipinski definition) is 2. The SMILES string of the molecule is CC(C)c1ccc(NC(=S)Nc2ccc(Br)cc2Br)cc1. The van der Waals surface area contributed by atoms with Crippen molar-refractivity contribution in [1.82, 2.24) is 0 Å². The summed E-state index contributed by atoms with van der Waals surface area (Å²) in [7, 11) is 0. The lowest BCUT2D eigenvalue weighted by atomic mass is 10.0. The fourth-order valence-electron chi connectivity index (χ4n) is 1.83. The Labute approximate surface area is 147 Å². The fourth-order valence-corrected chi connectivity index (χ4v) is 3.20. The van der Waals surface area contributed by atoms with Crippen LogP contribution in [0.5, 0.6) is 0 Å². The van der Waals surface area contributed by atoms with Gasteiger partial charge in [0, 0.05) is 14.6 Å². The van der Waals surface area contributed by atoms with E-state index in [9.17, 15) is 0 Å². The molecule has 0 saturated carbocycles. The van der Waals surface area contributed by atoms with Crippen LogP contribution < -0.4 is 10.6 Å². The summed E-state index contributed by atoms with van der Waals surface area (Å²) in [6.07, 6.45) is 0. The number of anilines is 2. The van der Waals surface area contributed by atoms with Crippen molar-refractivity contribution >= 4 is 60.6 Å². The molecule has 0 atom stereocenters. The first kappa shape index (κ1) is 16.5. The predicted octanol–water partition coefficient (Wildman–Crippen LogP) is 6.14. The molecule has 0 aromatic heterocycles. The maximum absolute atomic E-state index is 5.34. The van der Waals surface area contributed by atoms with Gasteiger partial charge in [-0.3, -0.25) is 0 Å². The molecule has 2 aromatic rings. The minimum atomic E-state index is 0.530. The highest BCUT2D eigenvalue weighted by atomic mass is 79.9. The third-order valence-corrected chi connectivity index (χ3v) is 4.37. The summed E-state index contributed by atoms with van der Waals surface area (Å²) in [6.45, 7) is 4.36. The van der Waals surface area contributed by atoms with Crippen LogP contribution in [0.1, 0.15) is 25.3 Å². The zero-order valence-electron chi connectivity index (χ0n) is 11.8. The molecular formula is C16H16Br2N2S. The van der Waals surface area contributed by atoms with Crippen LogP contribution in [-0.2, 0) is 0 Å². The largest absolute Gasteiger partial charge is 0.332 e. The van der Waals surface area contributed by atoms with Crippen LogP contribution in [0.2, 0.25) is 0 Å². The molecule has 0 aliphatic carbocycles. The van der Waals surface area contributed by atoms with E-state index < -0.39 is 0 Å². The molecule has 0 bridgehead atoms. The van der Waals surface area contributed by atoms with Gasteiger partial charge in [-0.1, -0.05) is 41.9 Å². The van der Waals surface area contributed by atoms with E-state index in [1.54, 1.807) is 0 Å². The zero-order valence-corrected chi connectivity index (χ0v) is 15.8. The first-order valence-corrected chi connectivity index (χ1v) is 8.58. The molecule has 0 heterocycles. The molecule has 5 heteroatoms. The second kappa shape index (κ2) is 7.38. The second-order valence-corrected chi connectivity index (χ2v) is 7.16. The van der Waals surface area contributed by atoms with Crippen LogP contribution in [0.3, 0.4) is 0 Å². The number of rotatable bonds is 3. The molecule has 0 unspecified atom stereocenters. The van der Waals surface area contributed by atoms with E-state index in [0.29, 0.717) is 11.0 Å². The van der Waals surface area contributed by atoms with Crippen LogP contribution in [0.25, 0.3) is 0 Å². The Hall–Kier alpha value is -0.910. The first-order valence-electron chi connectivity index (χ1n) is 6.58. The van der Waals surface area contributed by atoms with E-state index in [4.69, 9.17) is 12.2 Å². The van der Waals surface area contributed by atoms with Crippen molar-refractivity contribution in [3.8, 4) is 0 Å². The highest BCUT2D eigenvalue weighted by molar-refractivity contribution is 9.11. The van der Waals surface area contributed by atoms with Crippen molar-refractivity contribution in [3.05, 3.63) is 57.0 Å². The summed E-state index contributed by atoms with van der Waals surface area (Å²) in [5.41, 5.74) is 3.22. The molecule has 0 fully saturated rings. The maximum Gasteiger partial charge on any atom is 0.175 e. The van der Waals surface area contributed by atoms with Crippen LogP contribution in [0.4, 0.5) is 11.4 Å². The molecule has 0 aliphatic rings. The lowest BCUT2D eigenvalue weighted by molar-refractivity contribution is 0.867. The Morgan fingerprint density at radius 1 is 1.00 bits per heavy atom. The smallest absolute Gasteiger partial charge is 0.175 e. The van der Waals surface area contributed by atoms with Crippen LogP contribution >= 0.6 is 44.1 Å². The minimum absolute atomic E-state index is 0.530. The van der Waals surface area contributed by atoms with Gasteiger partial charge in [-0.2, -0.15) is 0 Å². The lowest BCUT2D eigenvalue weighted by Crippen LogP contribution is -2.19. The summed E-state index contributed by atoms with van der Waals surface area (Å²) in [5.74, 6) is 0.530. The quantitative estimate of drug-likeness (QED) is 0.574. The molecule has 2 nitrogen and oxygen atoms in total. The molecule has 0 spiro atoms. The third-order valence-electron chi connectivity index (χ3n) is 3.01. The number of nitrogens with one attached hydrogen (secondary N) is 2. The highest BCUT2D eigenvalue weighted by Gasteiger charge is 2.04. The lowest BCUT2D eigenvalue weighted by Gasteiger charge is -2.13. The monoisotopic (exact) mass is 426 g/mol. The zero-order chi connectivity index (χ0) is 15.4. The summed E-state index contributed by atoms with van der Waals surface area (Å²) < 4.78 is 1.97. The normalized spacial score (nSPS) is 10.5. The summed E-state index contributed by atoms with van der Waals surface area (Å²) >= 11 is 12.3. The molecule has 2 N–H and O–H groups in total. The molecule has 0 saturated heterocycles. The van der Waals surface area contributed by atoms with Gasteiger partial charge in [0.1, 0.15) is 0 Å². The average molecular weight is 428 g/mol. The predicted molar refractivity (Wildman–Crippen MR) is 102 cm³/mol. The first-order chi connectivity index (χ1) is 9.95. The van der Waals surface area contributed by atoms with Gasteiger partial charge in [-0.05, 0) is 70.0 Å². The Morgan fingerprint density at radius 2 is 1.67 bits per heavy atom. The van der Waals surface area contributed by atoms with Gasteiger partial charge in [0.25, 0.3) is 0 Å². The number of halogens is 2. The summed E-state index contributed by atoms with van der Waals surface area (Å²) in [6, 6.07) is 14.2. The Bertz CT molecular complexity index is 639. The fraction of sp³-hybridized carbons (Fsp3) is 0.188. The average Bonchev–Trinajstić information content (AvgIpc) is 2.42. The molecule has 2 rings (SSSR count). The topological polar surface area (TPSA) is 24.1 Å². The van der Waals surface area contributed by atoms with Crippen LogP contribution in [0, 0.1) is 0 Å². The van der Waals surface area contributed by atoms with E-state index in [0.717, 1.165) is 20.3 Å². The molecule has 0 aliphatic heterocycles. The van der Waals surface area contributed by atoms with E-state index in [-0.39, 0.29) is 0 Å². The van der Waals surface area contributed by atoms with Gasteiger partial charge in [0.05, 0.1) is 5.69 Å². The van der Waals surface area contributed by atoms with Gasteiger partial charge in [-0.25, -0.2) is 0 Å². The number of hydrogen-bond acceptors (Lipinski definition) is 1. The van der Waals surface area contributed by atoms with Crippen molar-refractivity contribution < 1.29 is 0 Å². The van der Waals surface area contributed by atoms with Gasteiger partial charge < -0.3 is 10.6 Å². The standard InChI is InChI=1S/C16H16Br2N2S/c1-10(2)11-3-6-13(7-4-11)19-16(21)20-15-8-5-12(17)9-14(15)18/h3-10H,1-2H3,(H2,19,20,21). The van der Waals surface area contributed by atoms with E-state index in [2.05, 4.69) is 68.5 Å². The van der Waals surface area contributed by atoms with E-state index in [1.165, 1.54) is 5.56 Å². The van der Waals surface area contributed by atoms with Crippen LogP contribution in [-0.4, -0.2) is 5.11 Å². The summed E-state index contributed by atoms with van der Waals surface area (Å²) in [5, 5.41) is 6.93. The van der Waals surface area contributed by atoms with Crippen molar-refractivity contribution in [3.63, 3.8) is 0 Å². The minimum Gasteiger partial charge on any atom is -0.332 e. The van der Waals surface area contributed by atoms with Crippen molar-refractivity contribution in [1.29, 1.82) is 0 Å². The maximum atomic E-state index is 5.34. The van der Waals surface area contributed by atoms with Gasteiger partial charge in [0.15, 0.2) is 5.11 Å². The van der Waals surface area contributed by atoms with Crippen molar-refractivity contribution in [2.24, 2.45) is 0 Å². The molecule has 2 aromatic carbocycles. The Morgan fingerprint density at radius 3 is 2.24 bits per heavy atom. The second-order valence-electron chi connectivity index (χ2n) is 4.98. The van der Waals surface area contributed by atoms with Crippen molar-refractivity contribution in [2.45, 2.75) is 19.8 Å². The third kappa shape index (κ3) is 4.80. The van der Waals surface area contributed by atoms with E-state index >= 15 is 0 Å². The molecular weight excluding hydrogens is 412 g/mol. The number of thiocarbonyl (C=S) groups is 1. The summed E-state index contributed by atoms with van der Waals surface area (Å²) in [4.78, 5) is 0. The molecule has 21 heavy (non-hydrogen) atoms. The molecule has 0 radical (unpaired) electrons. The van der Waals surface area contributed by atoms with Gasteiger partial charge >= 0.3 is 0 Å². The Kier molecular flexibility index (Phi) is 5.79. The molecule has 0 amide bonds. The van der Waals surface area contributed by atoms with Gasteiger partial charge in [0.2, 0.25) is 0 Å². The van der Waals surface area contributed by atoms with Gasteiger partial charge in [-0.15, -0.1) is 0 Å². The van der Waals surface area contributed by atoms with E-state index in [1.807, 2.05) is 30.3 Å². The molecule has 110 valence electrons.